The van der Waals surface area contributed by atoms with Crippen LogP contribution in [-0.2, 0) is 69.1 Å². The van der Waals surface area contributed by atoms with E-state index >= 15 is 0 Å². The molecule has 8 aromatic heterocycles. The van der Waals surface area contributed by atoms with Gasteiger partial charge in [-0.15, -0.1) is 0 Å². The van der Waals surface area contributed by atoms with E-state index in [2.05, 4.69) is 42.3 Å². The average molecular weight is 1510 g/mol. The molecule has 8 heterocycles. The summed E-state index contributed by atoms with van der Waals surface area (Å²) < 4.78 is 82.1. The minimum atomic E-state index is -1.59. The molecular weight excluding hydrogens is 1440 g/mol. The number of carboxylic acid groups (broad SMARTS) is 3. The number of carboxylic acids is 3. The zero-order valence-corrected chi connectivity index (χ0v) is 60.6. The number of carbonyl (C=O) groups excluding carboxylic acids is 9. The summed E-state index contributed by atoms with van der Waals surface area (Å²) in [5.74, 6) is -16.5. The van der Waals surface area contributed by atoms with Crippen molar-refractivity contribution in [2.45, 2.75) is 54.1 Å². The number of aromatic carboxylic acids is 3. The summed E-state index contributed by atoms with van der Waals surface area (Å²) >= 11 is 0. The van der Waals surface area contributed by atoms with Gasteiger partial charge in [-0.1, -0.05) is 0 Å². The maximum Gasteiger partial charge on any atom is 1.00 e. The summed E-state index contributed by atoms with van der Waals surface area (Å²) in [6.45, 7) is 7.49. The summed E-state index contributed by atoms with van der Waals surface area (Å²) in [6, 6.07) is 9.61. The summed E-state index contributed by atoms with van der Waals surface area (Å²) in [5.41, 5.74) is 0.384. The van der Waals surface area contributed by atoms with Crippen LogP contribution < -0.4 is 70.2 Å². The molecule has 38 nitrogen and oxygen atoms in total. The van der Waals surface area contributed by atoms with E-state index in [1.807, 2.05) is 13.8 Å². The fraction of sp³-hybridized carbons (Fsp3) is 0.302. The van der Waals surface area contributed by atoms with Crippen LogP contribution in [0.4, 0.5) is 0 Å². The number of hydrogen-bond acceptors (Lipinski definition) is 35. The molecule has 0 unspecified atom stereocenters. The van der Waals surface area contributed by atoms with Gasteiger partial charge in [0.25, 0.3) is 0 Å². The zero-order chi connectivity index (χ0) is 75.4. The van der Waals surface area contributed by atoms with Gasteiger partial charge in [-0.3, -0.25) is 4.79 Å². The molecule has 8 aromatic rings. The van der Waals surface area contributed by atoms with Gasteiger partial charge in [-0.05, 0) is 39.0 Å². The molecule has 0 spiro atoms. The maximum atomic E-state index is 12.0. The SMILES string of the molecule is CC(=O)c1cc(-c2cc(C(=O)O)oc2C(=O)O)c(C(=O)O)o1.CCO.CCOCC.COC(=O)c1cc(-c2cc(C(=O)OC)oc2C(=O)OC)c(C(=O)OC)o1.COC(=O)c1cc(-c2cc(C(=O)OC)oc2C(=O)OC)c(C(=O)OC)o1.OCc1cc(-c2cc(CO)oc2CO)c(CO)o1.[AlH3].[H-].[K+].[Li+].[OH-]. The molecule has 41 heteroatoms. The molecular formula is C63H71AlKLiO38. The van der Waals surface area contributed by atoms with Crippen LogP contribution in [0.5, 0.6) is 0 Å². The molecule has 0 radical (unpaired) electrons. The predicted molar refractivity (Wildman–Crippen MR) is 339 cm³/mol. The van der Waals surface area contributed by atoms with Crippen molar-refractivity contribution in [3.8, 4) is 44.5 Å². The maximum absolute atomic E-state index is 12.0. The molecule has 0 aromatic carbocycles. The van der Waals surface area contributed by atoms with Crippen molar-refractivity contribution in [3.05, 3.63) is 141 Å². The quantitative estimate of drug-likeness (QED) is 0.0184. The zero-order valence-electron chi connectivity index (χ0n) is 58.4. The van der Waals surface area contributed by atoms with E-state index in [1.165, 1.54) is 0 Å². The smallest absolute Gasteiger partial charge is 1.00 e. The van der Waals surface area contributed by atoms with Gasteiger partial charge in [0.2, 0.25) is 63.4 Å². The number of methoxy groups -OCH3 is 8. The summed E-state index contributed by atoms with van der Waals surface area (Å²) in [7, 11) is 8.88. The Labute approximate surface area is 653 Å². The fourth-order valence-corrected chi connectivity index (χ4v) is 7.94. The van der Waals surface area contributed by atoms with Crippen LogP contribution in [0, 0.1) is 0 Å². The number of rotatable bonds is 22. The van der Waals surface area contributed by atoms with Gasteiger partial charge in [-0.2, -0.15) is 0 Å². The molecule has 0 aliphatic rings. The molecule has 0 aliphatic heterocycles. The van der Waals surface area contributed by atoms with Crippen LogP contribution in [0.1, 0.15) is 179 Å². The first-order valence-electron chi connectivity index (χ1n) is 28.1. The van der Waals surface area contributed by atoms with Gasteiger partial charge in [0, 0.05) is 102 Å². The Morgan fingerprint density at radius 1 is 0.337 bits per heavy atom. The number of ether oxygens (including phenoxy) is 9. The van der Waals surface area contributed by atoms with E-state index in [0.717, 1.165) is 113 Å². The molecule has 0 fully saturated rings. The van der Waals surface area contributed by atoms with Crippen molar-refractivity contribution >= 4 is 88.8 Å². The Morgan fingerprint density at radius 2 is 0.558 bits per heavy atom. The minimum absolute atomic E-state index is 0. The minimum Gasteiger partial charge on any atom is -1.00 e. The van der Waals surface area contributed by atoms with E-state index in [-0.39, 0.29) is 201 Å². The average Bonchev–Trinajstić information content (AvgIpc) is 1.65. The molecule has 0 bridgehead atoms. The molecule has 9 N–H and O–H groups in total. The van der Waals surface area contributed by atoms with Gasteiger partial charge in [-0.25, -0.2) is 52.7 Å². The van der Waals surface area contributed by atoms with Crippen molar-refractivity contribution in [1.29, 1.82) is 0 Å². The van der Waals surface area contributed by atoms with Crippen molar-refractivity contribution in [1.82, 2.24) is 0 Å². The largest absolute Gasteiger partial charge is 1.00 e. The molecule has 556 valence electrons. The number of aliphatic hydroxyl groups excluding tert-OH is 5. The van der Waals surface area contributed by atoms with E-state index in [0.29, 0.717) is 22.6 Å². The second-order valence-electron chi connectivity index (χ2n) is 18.4. The summed E-state index contributed by atoms with van der Waals surface area (Å²) in [6.07, 6.45) is 0. The number of hydrogen-bond donors (Lipinski definition) is 8. The standard InChI is InChI=1S/2C16H14O10.C13H8O9.C12H14O6.C4H10O.C2H6O.Al.K.Li.H2O.4H/c2*1-21-13(17)9-5-7(11(25-9)15(19)23-3)8-6-10(14(18)22-2)26-12(8)16(20)24-4;1-4(14)7-2-5(9(21-7)12(17)18)6-3-8(11(15)16)22-10(6)13(19)20;13-3-7-1-9(11(5-15)17-7)10-2-8(4-14)18-12(10)6-16;1-3-5-4-2;1-2-3;;;;;;;;/h2*5-6H,1-4H3;2-3H,1H3,(H,15,16)(H,17,18)(H,19,20);1-2,13-16H,3-6H2;3-4H2,1-2H3;3H,2H2,1H3;;;;1H2;;;;/q;;;;;;;2*+1;;;;;-1/p-1. The number of Topliss-reactive ketones (excluding diaryl/α,β-unsaturated/α-hetero) is 1. The van der Waals surface area contributed by atoms with Crippen molar-refractivity contribution in [2.24, 2.45) is 0 Å². The Hall–Kier alpha value is -9.43. The number of esters is 8. The monoisotopic (exact) mass is 1510 g/mol. The topological polar surface area (TPSA) is 585 Å². The van der Waals surface area contributed by atoms with Gasteiger partial charge >= 0.3 is 136 Å². The van der Waals surface area contributed by atoms with Gasteiger partial charge in [0.1, 0.15) is 49.5 Å². The van der Waals surface area contributed by atoms with Crippen LogP contribution in [0.25, 0.3) is 44.5 Å². The van der Waals surface area contributed by atoms with Crippen LogP contribution in [-0.4, -0.2) is 212 Å². The summed E-state index contributed by atoms with van der Waals surface area (Å²) in [4.78, 5) is 139. The third-order valence-electron chi connectivity index (χ3n) is 12.3. The Kier molecular flexibility index (Phi) is 43.7. The number of ketones is 1. The molecule has 104 heavy (non-hydrogen) atoms. The third kappa shape index (κ3) is 24.9. The van der Waals surface area contributed by atoms with Gasteiger partial charge in [0.15, 0.2) is 28.9 Å². The third-order valence-corrected chi connectivity index (χ3v) is 12.3. The van der Waals surface area contributed by atoms with E-state index in [4.69, 9.17) is 66.3 Å². The molecule has 0 aliphatic carbocycles. The van der Waals surface area contributed by atoms with Crippen molar-refractivity contribution in [2.75, 3.05) is 76.7 Å². The first-order chi connectivity index (χ1) is 47.5. The summed E-state index contributed by atoms with van der Waals surface area (Å²) in [5, 5.41) is 70.9. The number of furan rings is 8. The second-order valence-corrected chi connectivity index (χ2v) is 18.4. The Morgan fingerprint density at radius 3 is 0.750 bits per heavy atom. The normalized spacial score (nSPS) is 9.78. The molecule has 8 rings (SSSR count). The molecule has 0 atom stereocenters. The van der Waals surface area contributed by atoms with Crippen molar-refractivity contribution in [3.63, 3.8) is 0 Å². The number of aliphatic hydroxyl groups is 5. The molecule has 0 amide bonds. The van der Waals surface area contributed by atoms with Crippen LogP contribution in [0.3, 0.4) is 0 Å². The van der Waals surface area contributed by atoms with Gasteiger partial charge in [0.05, 0.1) is 56.9 Å². The predicted octanol–water partition coefficient (Wildman–Crippen LogP) is -0.481. The van der Waals surface area contributed by atoms with E-state index in [9.17, 15) is 67.7 Å². The second kappa shape index (κ2) is 47.0. The van der Waals surface area contributed by atoms with Gasteiger partial charge < -0.3 is 126 Å². The van der Waals surface area contributed by atoms with E-state index in [1.54, 1.807) is 19.1 Å². The molecule has 0 saturated heterocycles. The van der Waals surface area contributed by atoms with Crippen LogP contribution >= 0.6 is 0 Å². The Balaban J connectivity index is -0.00000126. The first-order valence-corrected chi connectivity index (χ1v) is 28.1. The first kappa shape index (κ1) is 96.6. The van der Waals surface area contributed by atoms with Crippen molar-refractivity contribution < 1.29 is 254 Å². The Bertz CT molecular complexity index is 3810. The molecule has 0 saturated carbocycles. The van der Waals surface area contributed by atoms with E-state index < -0.39 is 112 Å². The van der Waals surface area contributed by atoms with Crippen LogP contribution in [0.15, 0.2) is 83.9 Å². The number of carbonyl (C=O) groups is 12. The fourth-order valence-electron chi connectivity index (χ4n) is 7.94. The van der Waals surface area contributed by atoms with Crippen LogP contribution in [0.2, 0.25) is 0 Å².